The third kappa shape index (κ3) is 3.63. The number of amides is 1. The van der Waals surface area contributed by atoms with E-state index in [0.29, 0.717) is 5.65 Å². The second-order valence-electron chi connectivity index (χ2n) is 6.31. The molecule has 0 saturated heterocycles. The lowest BCUT2D eigenvalue weighted by Gasteiger charge is -2.22. The van der Waals surface area contributed by atoms with E-state index in [2.05, 4.69) is 10.3 Å². The molecule has 118 valence electrons. The minimum Gasteiger partial charge on any atom is -0.448 e. The lowest BCUT2D eigenvalue weighted by Crippen LogP contribution is -2.46. The van der Waals surface area contributed by atoms with Crippen molar-refractivity contribution in [3.63, 3.8) is 0 Å². The van der Waals surface area contributed by atoms with Crippen molar-refractivity contribution in [1.82, 2.24) is 14.7 Å². The van der Waals surface area contributed by atoms with Crippen LogP contribution < -0.4 is 5.32 Å². The summed E-state index contributed by atoms with van der Waals surface area (Å²) >= 11 is 0. The molecule has 2 aromatic rings. The van der Waals surface area contributed by atoms with Crippen LogP contribution >= 0.6 is 0 Å². The van der Waals surface area contributed by atoms with Gasteiger partial charge in [-0.15, -0.1) is 0 Å². The third-order valence-corrected chi connectivity index (χ3v) is 3.06. The Bertz CT molecular complexity index is 713. The van der Waals surface area contributed by atoms with E-state index >= 15 is 0 Å². The standard InChI is InChI=1S/C16H21N3O3/c1-10-7-6-8-13-17-12(9-19(10)13)15(21)22-11(2)14(20)18-16(3,4)5/h6-9,11H,1-5H3,(H,18,20)/t11-/m0/s1. The first kappa shape index (κ1) is 16.0. The Morgan fingerprint density at radius 1 is 1.32 bits per heavy atom. The summed E-state index contributed by atoms with van der Waals surface area (Å²) in [7, 11) is 0. The number of ether oxygens (including phenoxy) is 1. The van der Waals surface area contributed by atoms with E-state index in [1.54, 1.807) is 23.6 Å². The highest BCUT2D eigenvalue weighted by atomic mass is 16.5. The van der Waals surface area contributed by atoms with Gasteiger partial charge in [0, 0.05) is 17.4 Å². The number of aromatic nitrogens is 2. The van der Waals surface area contributed by atoms with E-state index in [1.807, 2.05) is 39.8 Å². The molecule has 0 radical (unpaired) electrons. The predicted molar refractivity (Wildman–Crippen MR) is 82.7 cm³/mol. The van der Waals surface area contributed by atoms with Crippen molar-refractivity contribution in [3.8, 4) is 0 Å². The van der Waals surface area contributed by atoms with Crippen molar-refractivity contribution < 1.29 is 14.3 Å². The topological polar surface area (TPSA) is 72.7 Å². The highest BCUT2D eigenvalue weighted by Crippen LogP contribution is 2.10. The maximum Gasteiger partial charge on any atom is 0.359 e. The average Bonchev–Trinajstić information content (AvgIpc) is 2.82. The molecule has 0 aliphatic heterocycles. The summed E-state index contributed by atoms with van der Waals surface area (Å²) in [5, 5.41) is 2.77. The zero-order valence-corrected chi connectivity index (χ0v) is 13.5. The summed E-state index contributed by atoms with van der Waals surface area (Å²) in [4.78, 5) is 28.3. The van der Waals surface area contributed by atoms with Crippen molar-refractivity contribution in [1.29, 1.82) is 0 Å². The Hall–Kier alpha value is -2.37. The number of pyridine rings is 1. The quantitative estimate of drug-likeness (QED) is 0.881. The summed E-state index contributed by atoms with van der Waals surface area (Å²) in [6, 6.07) is 5.59. The molecule has 0 fully saturated rings. The summed E-state index contributed by atoms with van der Waals surface area (Å²) in [6.07, 6.45) is 0.735. The summed E-state index contributed by atoms with van der Waals surface area (Å²) in [5.41, 5.74) is 1.43. The number of carbonyl (C=O) groups excluding carboxylic acids is 2. The minimum atomic E-state index is -0.877. The largest absolute Gasteiger partial charge is 0.448 e. The van der Waals surface area contributed by atoms with Crippen LogP contribution in [-0.2, 0) is 9.53 Å². The Balaban J connectivity index is 2.10. The van der Waals surface area contributed by atoms with Gasteiger partial charge >= 0.3 is 5.97 Å². The Kier molecular flexibility index (Phi) is 4.21. The molecule has 0 spiro atoms. The fourth-order valence-electron chi connectivity index (χ4n) is 1.99. The molecule has 0 aliphatic rings. The maximum absolute atomic E-state index is 12.1. The number of esters is 1. The van der Waals surface area contributed by atoms with Gasteiger partial charge in [0.05, 0.1) is 0 Å². The van der Waals surface area contributed by atoms with E-state index in [-0.39, 0.29) is 17.1 Å². The van der Waals surface area contributed by atoms with Crippen molar-refractivity contribution in [2.45, 2.75) is 46.3 Å². The normalized spacial score (nSPS) is 13.0. The van der Waals surface area contributed by atoms with Gasteiger partial charge in [-0.1, -0.05) is 6.07 Å². The molecule has 0 bridgehead atoms. The molecule has 2 rings (SSSR count). The van der Waals surface area contributed by atoms with Crippen molar-refractivity contribution in [3.05, 3.63) is 35.8 Å². The molecule has 0 aromatic carbocycles. The molecule has 2 aromatic heterocycles. The van der Waals surface area contributed by atoms with Crippen LogP contribution in [0.15, 0.2) is 24.4 Å². The van der Waals surface area contributed by atoms with Crippen LogP contribution in [0.4, 0.5) is 0 Å². The Morgan fingerprint density at radius 3 is 2.59 bits per heavy atom. The first-order valence-electron chi connectivity index (χ1n) is 7.15. The van der Waals surface area contributed by atoms with Gasteiger partial charge in [-0.25, -0.2) is 9.78 Å². The summed E-state index contributed by atoms with van der Waals surface area (Å²) in [5.74, 6) is -0.944. The average molecular weight is 303 g/mol. The number of nitrogens with one attached hydrogen (secondary N) is 1. The van der Waals surface area contributed by atoms with E-state index in [0.717, 1.165) is 5.69 Å². The Morgan fingerprint density at radius 2 is 2.00 bits per heavy atom. The van der Waals surface area contributed by atoms with E-state index in [9.17, 15) is 9.59 Å². The second kappa shape index (κ2) is 5.79. The number of hydrogen-bond acceptors (Lipinski definition) is 4. The smallest absolute Gasteiger partial charge is 0.359 e. The van der Waals surface area contributed by atoms with Gasteiger partial charge in [-0.05, 0) is 46.8 Å². The number of nitrogens with zero attached hydrogens (tertiary/aromatic N) is 2. The molecule has 1 amide bonds. The van der Waals surface area contributed by atoms with Crippen LogP contribution in [0.2, 0.25) is 0 Å². The van der Waals surface area contributed by atoms with Crippen LogP contribution in [0.5, 0.6) is 0 Å². The van der Waals surface area contributed by atoms with Gasteiger partial charge < -0.3 is 14.5 Å². The van der Waals surface area contributed by atoms with Crippen LogP contribution in [0, 0.1) is 6.92 Å². The number of hydrogen-bond donors (Lipinski definition) is 1. The van der Waals surface area contributed by atoms with Crippen LogP contribution in [0.25, 0.3) is 5.65 Å². The first-order chi connectivity index (χ1) is 10.2. The molecule has 0 aliphatic carbocycles. The van der Waals surface area contributed by atoms with Crippen molar-refractivity contribution >= 4 is 17.5 Å². The molecule has 0 saturated carbocycles. The maximum atomic E-state index is 12.1. The zero-order chi connectivity index (χ0) is 16.5. The zero-order valence-electron chi connectivity index (χ0n) is 13.5. The van der Waals surface area contributed by atoms with Crippen molar-refractivity contribution in [2.24, 2.45) is 0 Å². The molecule has 1 N–H and O–H groups in total. The van der Waals surface area contributed by atoms with Gasteiger partial charge in [-0.2, -0.15) is 0 Å². The highest BCUT2D eigenvalue weighted by molar-refractivity contribution is 5.91. The SMILES string of the molecule is Cc1cccc2nc(C(=O)O[C@@H](C)C(=O)NC(C)(C)C)cn12. The molecule has 0 unspecified atom stereocenters. The minimum absolute atomic E-state index is 0.185. The number of rotatable bonds is 3. The number of fused-ring (bicyclic) bond motifs is 1. The fourth-order valence-corrected chi connectivity index (χ4v) is 1.99. The number of carbonyl (C=O) groups is 2. The summed E-state index contributed by atoms with van der Waals surface area (Å²) < 4.78 is 6.99. The van der Waals surface area contributed by atoms with Gasteiger partial charge in [0.2, 0.25) is 0 Å². The molecule has 6 nitrogen and oxygen atoms in total. The van der Waals surface area contributed by atoms with Crippen molar-refractivity contribution in [2.75, 3.05) is 0 Å². The summed E-state index contributed by atoms with van der Waals surface area (Å²) in [6.45, 7) is 9.06. The van der Waals surface area contributed by atoms with Gasteiger partial charge in [-0.3, -0.25) is 4.79 Å². The van der Waals surface area contributed by atoms with E-state index in [4.69, 9.17) is 4.74 Å². The van der Waals surface area contributed by atoms with Gasteiger partial charge in [0.15, 0.2) is 11.8 Å². The van der Waals surface area contributed by atoms with E-state index in [1.165, 1.54) is 0 Å². The lowest BCUT2D eigenvalue weighted by atomic mass is 10.1. The Labute approximate surface area is 129 Å². The van der Waals surface area contributed by atoms with E-state index < -0.39 is 12.1 Å². The van der Waals surface area contributed by atoms with Crippen LogP contribution in [0.1, 0.15) is 43.9 Å². The first-order valence-corrected chi connectivity index (χ1v) is 7.15. The lowest BCUT2D eigenvalue weighted by molar-refractivity contribution is -0.130. The molecule has 2 heterocycles. The molecular weight excluding hydrogens is 282 g/mol. The number of imidazole rings is 1. The van der Waals surface area contributed by atoms with Crippen LogP contribution in [-0.4, -0.2) is 32.9 Å². The number of aryl methyl sites for hydroxylation is 1. The second-order valence-corrected chi connectivity index (χ2v) is 6.31. The third-order valence-electron chi connectivity index (χ3n) is 3.06. The highest BCUT2D eigenvalue weighted by Gasteiger charge is 2.24. The van der Waals surface area contributed by atoms with Gasteiger partial charge in [0.25, 0.3) is 5.91 Å². The molecule has 6 heteroatoms. The fraction of sp³-hybridized carbons (Fsp3) is 0.438. The molecule has 1 atom stereocenters. The molecule has 22 heavy (non-hydrogen) atoms. The van der Waals surface area contributed by atoms with Crippen LogP contribution in [0.3, 0.4) is 0 Å². The molecular formula is C16H21N3O3. The van der Waals surface area contributed by atoms with Gasteiger partial charge in [0.1, 0.15) is 5.65 Å². The monoisotopic (exact) mass is 303 g/mol. The predicted octanol–water partition coefficient (Wildman–Crippen LogP) is 2.10.